The molecule has 3 nitrogen and oxygen atoms in total. The van der Waals surface area contributed by atoms with Gasteiger partial charge in [0.25, 0.3) is 0 Å². The monoisotopic (exact) mass is 650 g/mol. The summed E-state index contributed by atoms with van der Waals surface area (Å²) in [6.07, 6.45) is 0. The molecule has 0 fully saturated rings. The molecule has 0 spiro atoms. The lowest BCUT2D eigenvalue weighted by Crippen LogP contribution is -2.04. The smallest absolute Gasteiger partial charge is 0.152 e. The molecule has 0 bridgehead atoms. The molecule has 11 rings (SSSR count). The molecule has 0 radical (unpaired) electrons. The van der Waals surface area contributed by atoms with E-state index >= 15 is 0 Å². The van der Waals surface area contributed by atoms with E-state index in [0.717, 1.165) is 39.5 Å². The summed E-state index contributed by atoms with van der Waals surface area (Å²) in [6, 6.07) is 65.5. The van der Waals surface area contributed by atoms with Crippen LogP contribution in [0.4, 0.5) is 0 Å². The molecule has 8 aromatic carbocycles. The fourth-order valence-corrected chi connectivity index (χ4v) is 8.12. The number of aromatic nitrogens is 2. The molecule has 0 N–H and O–H groups in total. The highest BCUT2D eigenvalue weighted by Gasteiger charge is 2.24. The SMILES string of the molecule is c1ccc(-c2ccc3c(c2)c2cc(-c4ccccc4)ccc2n3-c2ccc(-c3ccc4c(c3)Oc3cccc5c6ccccc6n-4c35)cc2)cc1. The van der Waals surface area contributed by atoms with Gasteiger partial charge in [-0.05, 0) is 94.0 Å². The van der Waals surface area contributed by atoms with Crippen molar-refractivity contribution in [2.24, 2.45) is 0 Å². The maximum absolute atomic E-state index is 6.58. The Hall–Kier alpha value is -6.84. The molecule has 0 aliphatic carbocycles. The number of hydrogen-bond acceptors (Lipinski definition) is 1. The maximum Gasteiger partial charge on any atom is 0.152 e. The van der Waals surface area contributed by atoms with Crippen molar-refractivity contribution in [3.63, 3.8) is 0 Å². The number of nitrogens with zero attached hydrogens (tertiary/aromatic N) is 2. The van der Waals surface area contributed by atoms with Gasteiger partial charge in [-0.25, -0.2) is 0 Å². The van der Waals surface area contributed by atoms with Crippen LogP contribution in [-0.4, -0.2) is 9.13 Å². The Labute approximate surface area is 294 Å². The summed E-state index contributed by atoms with van der Waals surface area (Å²) in [5.74, 6) is 1.75. The molecule has 3 heteroatoms. The highest BCUT2D eigenvalue weighted by molar-refractivity contribution is 6.13. The minimum absolute atomic E-state index is 0.865. The van der Waals surface area contributed by atoms with Gasteiger partial charge in [0.15, 0.2) is 11.5 Å². The van der Waals surface area contributed by atoms with E-state index in [1.54, 1.807) is 0 Å². The Balaban J connectivity index is 1.03. The van der Waals surface area contributed by atoms with Crippen molar-refractivity contribution in [3.8, 4) is 56.3 Å². The van der Waals surface area contributed by atoms with Gasteiger partial charge < -0.3 is 13.9 Å². The molecule has 10 aromatic rings. The summed E-state index contributed by atoms with van der Waals surface area (Å²) >= 11 is 0. The first-order valence-corrected chi connectivity index (χ1v) is 17.4. The first-order valence-electron chi connectivity index (χ1n) is 17.4. The summed E-state index contributed by atoms with van der Waals surface area (Å²) in [5.41, 5.74) is 14.0. The van der Waals surface area contributed by atoms with Crippen molar-refractivity contribution in [1.29, 1.82) is 0 Å². The molecule has 51 heavy (non-hydrogen) atoms. The van der Waals surface area contributed by atoms with Crippen LogP contribution in [0.5, 0.6) is 11.5 Å². The first kappa shape index (κ1) is 28.0. The van der Waals surface area contributed by atoms with E-state index in [9.17, 15) is 0 Å². The number of hydrogen-bond donors (Lipinski definition) is 0. The topological polar surface area (TPSA) is 19.1 Å². The third-order valence-electron chi connectivity index (χ3n) is 10.5. The van der Waals surface area contributed by atoms with Crippen LogP contribution >= 0.6 is 0 Å². The molecule has 3 heterocycles. The van der Waals surface area contributed by atoms with Crippen molar-refractivity contribution in [2.45, 2.75) is 0 Å². The molecule has 2 aromatic heterocycles. The first-order chi connectivity index (χ1) is 25.3. The molecule has 0 saturated carbocycles. The van der Waals surface area contributed by atoms with Crippen LogP contribution in [0.1, 0.15) is 0 Å². The predicted molar refractivity (Wildman–Crippen MR) is 212 cm³/mol. The number of para-hydroxylation sites is 2. The van der Waals surface area contributed by atoms with Crippen LogP contribution in [0, 0.1) is 0 Å². The zero-order chi connectivity index (χ0) is 33.5. The summed E-state index contributed by atoms with van der Waals surface area (Å²) in [4.78, 5) is 0. The van der Waals surface area contributed by atoms with Crippen LogP contribution < -0.4 is 4.74 Å². The Morgan fingerprint density at radius 1 is 0.314 bits per heavy atom. The molecule has 0 saturated heterocycles. The summed E-state index contributed by atoms with van der Waals surface area (Å²) in [6.45, 7) is 0. The molecule has 0 unspecified atom stereocenters. The van der Waals surface area contributed by atoms with Crippen molar-refractivity contribution in [2.75, 3.05) is 0 Å². The normalized spacial score (nSPS) is 12.1. The van der Waals surface area contributed by atoms with Gasteiger partial charge >= 0.3 is 0 Å². The molecule has 1 aliphatic heterocycles. The van der Waals surface area contributed by atoms with Crippen LogP contribution in [0.3, 0.4) is 0 Å². The van der Waals surface area contributed by atoms with E-state index in [0.29, 0.717) is 0 Å². The third-order valence-corrected chi connectivity index (χ3v) is 10.5. The number of benzene rings is 8. The molecular weight excluding hydrogens is 621 g/mol. The summed E-state index contributed by atoms with van der Waals surface area (Å²) in [7, 11) is 0. The van der Waals surface area contributed by atoms with Crippen molar-refractivity contribution >= 4 is 43.6 Å². The second-order valence-corrected chi connectivity index (χ2v) is 13.4. The van der Waals surface area contributed by atoms with Gasteiger partial charge in [0, 0.05) is 27.2 Å². The van der Waals surface area contributed by atoms with Crippen molar-refractivity contribution in [1.82, 2.24) is 9.13 Å². The van der Waals surface area contributed by atoms with Gasteiger partial charge in [0.05, 0.1) is 27.8 Å². The zero-order valence-corrected chi connectivity index (χ0v) is 27.6. The van der Waals surface area contributed by atoms with Crippen LogP contribution in [0.25, 0.3) is 88.4 Å². The Morgan fingerprint density at radius 2 is 0.843 bits per heavy atom. The fraction of sp³-hybridized carbons (Fsp3) is 0. The van der Waals surface area contributed by atoms with E-state index in [1.807, 2.05) is 0 Å². The van der Waals surface area contributed by atoms with E-state index in [2.05, 4.69) is 191 Å². The van der Waals surface area contributed by atoms with Gasteiger partial charge in [-0.3, -0.25) is 0 Å². The van der Waals surface area contributed by atoms with Gasteiger partial charge in [-0.15, -0.1) is 0 Å². The summed E-state index contributed by atoms with van der Waals surface area (Å²) < 4.78 is 11.3. The second kappa shape index (κ2) is 10.8. The second-order valence-electron chi connectivity index (χ2n) is 13.4. The van der Waals surface area contributed by atoms with Gasteiger partial charge in [0.1, 0.15) is 0 Å². The summed E-state index contributed by atoms with van der Waals surface area (Å²) in [5, 5.41) is 4.94. The lowest BCUT2D eigenvalue weighted by atomic mass is 10.0. The van der Waals surface area contributed by atoms with Crippen molar-refractivity contribution in [3.05, 3.63) is 182 Å². The van der Waals surface area contributed by atoms with E-state index in [-0.39, 0.29) is 0 Å². The van der Waals surface area contributed by atoms with Gasteiger partial charge in [-0.1, -0.05) is 121 Å². The van der Waals surface area contributed by atoms with Crippen LogP contribution in [0.15, 0.2) is 182 Å². The van der Waals surface area contributed by atoms with E-state index in [1.165, 1.54) is 60.3 Å². The lowest BCUT2D eigenvalue weighted by Gasteiger charge is -2.21. The average Bonchev–Trinajstić information content (AvgIpc) is 3.72. The lowest BCUT2D eigenvalue weighted by molar-refractivity contribution is 0.476. The van der Waals surface area contributed by atoms with Gasteiger partial charge in [0.2, 0.25) is 0 Å². The van der Waals surface area contributed by atoms with Crippen LogP contribution in [-0.2, 0) is 0 Å². The van der Waals surface area contributed by atoms with Crippen LogP contribution in [0.2, 0.25) is 0 Å². The Kier molecular flexibility index (Phi) is 5.96. The third kappa shape index (κ3) is 4.25. The average molecular weight is 651 g/mol. The van der Waals surface area contributed by atoms with Gasteiger partial charge in [-0.2, -0.15) is 0 Å². The quantitative estimate of drug-likeness (QED) is 0.185. The minimum atomic E-state index is 0.865. The highest BCUT2D eigenvalue weighted by atomic mass is 16.5. The van der Waals surface area contributed by atoms with E-state index in [4.69, 9.17) is 4.74 Å². The largest absolute Gasteiger partial charge is 0.453 e. The minimum Gasteiger partial charge on any atom is -0.453 e. The maximum atomic E-state index is 6.58. The number of fused-ring (bicyclic) bond motifs is 8. The predicted octanol–water partition coefficient (Wildman–Crippen LogP) is 13.0. The molecule has 0 atom stereocenters. The van der Waals surface area contributed by atoms with E-state index < -0.39 is 0 Å². The molecular formula is C48H30N2O. The van der Waals surface area contributed by atoms with Crippen molar-refractivity contribution < 1.29 is 4.74 Å². The Morgan fingerprint density at radius 3 is 1.53 bits per heavy atom. The zero-order valence-electron chi connectivity index (χ0n) is 27.6. The number of rotatable bonds is 4. The molecule has 1 aliphatic rings. The molecule has 0 amide bonds. The number of ether oxygens (including phenoxy) is 1. The Bertz CT molecular complexity index is 2870. The standard InChI is InChI=1S/C48H30N2O/c1-3-10-31(11-4-1)34-20-25-43-40(28-34)41-29-35(32-12-5-2-6-13-32)21-26-44(41)49(43)37-23-18-33(19-24-37)36-22-27-45-47(30-36)51-46-17-9-15-39-38-14-7-8-16-42(38)50(45)48(39)46/h1-30H. The molecule has 238 valence electrons. The fourth-order valence-electron chi connectivity index (χ4n) is 8.12. The highest BCUT2D eigenvalue weighted by Crippen LogP contribution is 2.46.